The van der Waals surface area contributed by atoms with Crippen LogP contribution >= 0.6 is 15.9 Å². The van der Waals surface area contributed by atoms with Crippen molar-refractivity contribution in [1.29, 1.82) is 0 Å². The molecule has 1 aliphatic heterocycles. The molecule has 0 radical (unpaired) electrons. The number of nitro groups is 1. The molecule has 3 amide bonds. The fourth-order valence-corrected chi connectivity index (χ4v) is 3.84. The minimum Gasteiger partial charge on any atom is -0.324 e. The van der Waals surface area contributed by atoms with Gasteiger partial charge in [0.2, 0.25) is 5.91 Å². The number of amides is 3. The van der Waals surface area contributed by atoms with Gasteiger partial charge in [0.25, 0.3) is 17.5 Å². The Labute approximate surface area is 191 Å². The van der Waals surface area contributed by atoms with Gasteiger partial charge in [-0.2, -0.15) is 0 Å². The summed E-state index contributed by atoms with van der Waals surface area (Å²) >= 11 is 3.32. The molecule has 1 unspecified atom stereocenters. The predicted octanol–water partition coefficient (Wildman–Crippen LogP) is 4.20. The van der Waals surface area contributed by atoms with Crippen LogP contribution in [0.3, 0.4) is 0 Å². The topological polar surface area (TPSA) is 110 Å². The van der Waals surface area contributed by atoms with E-state index in [9.17, 15) is 24.5 Å². The first kappa shape index (κ1) is 21.4. The molecule has 1 heterocycles. The van der Waals surface area contributed by atoms with Gasteiger partial charge in [-0.25, -0.2) is 0 Å². The van der Waals surface area contributed by atoms with Crippen LogP contribution in [0.2, 0.25) is 0 Å². The average molecular weight is 494 g/mol. The summed E-state index contributed by atoms with van der Waals surface area (Å²) in [6.07, 6.45) is -0.0739. The van der Waals surface area contributed by atoms with Crippen LogP contribution in [0.1, 0.15) is 26.3 Å². The molecule has 0 aliphatic carbocycles. The number of nitrogens with zero attached hydrogens (tertiary/aromatic N) is 2. The van der Waals surface area contributed by atoms with Gasteiger partial charge < -0.3 is 5.32 Å². The number of benzene rings is 3. The van der Waals surface area contributed by atoms with Gasteiger partial charge in [-0.1, -0.05) is 40.2 Å². The molecule has 0 saturated heterocycles. The van der Waals surface area contributed by atoms with Crippen LogP contribution in [-0.2, 0) is 11.2 Å². The van der Waals surface area contributed by atoms with Crippen molar-refractivity contribution >= 4 is 45.0 Å². The highest BCUT2D eigenvalue weighted by molar-refractivity contribution is 9.10. The van der Waals surface area contributed by atoms with Gasteiger partial charge in [-0.05, 0) is 42.0 Å². The largest absolute Gasteiger partial charge is 0.324 e. The van der Waals surface area contributed by atoms with Crippen LogP contribution in [0.5, 0.6) is 0 Å². The van der Waals surface area contributed by atoms with Gasteiger partial charge in [-0.3, -0.25) is 29.4 Å². The molecule has 3 aromatic rings. The Morgan fingerprint density at radius 2 is 1.59 bits per heavy atom. The average Bonchev–Trinajstić information content (AvgIpc) is 3.04. The number of hydrogen-bond acceptors (Lipinski definition) is 5. The molecule has 0 saturated carbocycles. The lowest BCUT2D eigenvalue weighted by atomic mass is 10.0. The highest BCUT2D eigenvalue weighted by Gasteiger charge is 2.42. The van der Waals surface area contributed by atoms with Crippen LogP contribution in [0.4, 0.5) is 11.4 Å². The molecule has 1 atom stereocenters. The van der Waals surface area contributed by atoms with Crippen molar-refractivity contribution in [3.8, 4) is 0 Å². The minimum absolute atomic E-state index is 0.0739. The second-order valence-electron chi connectivity index (χ2n) is 7.17. The fraction of sp³-hybridized carbons (Fsp3) is 0.0870. The van der Waals surface area contributed by atoms with Crippen molar-refractivity contribution in [2.24, 2.45) is 0 Å². The van der Waals surface area contributed by atoms with Gasteiger partial charge in [0.1, 0.15) is 6.04 Å². The number of carbonyl (C=O) groups is 3. The Morgan fingerprint density at radius 3 is 2.19 bits per heavy atom. The van der Waals surface area contributed by atoms with E-state index in [1.54, 1.807) is 42.5 Å². The predicted molar refractivity (Wildman–Crippen MR) is 120 cm³/mol. The molecule has 1 N–H and O–H groups in total. The van der Waals surface area contributed by atoms with E-state index in [0.29, 0.717) is 11.3 Å². The second-order valence-corrected chi connectivity index (χ2v) is 8.08. The van der Waals surface area contributed by atoms with Gasteiger partial charge >= 0.3 is 0 Å². The number of non-ortho nitro benzene ring substituents is 1. The van der Waals surface area contributed by atoms with Gasteiger partial charge in [-0.15, -0.1) is 0 Å². The fourth-order valence-electron chi connectivity index (χ4n) is 3.57. The van der Waals surface area contributed by atoms with Crippen LogP contribution in [0.25, 0.3) is 0 Å². The van der Waals surface area contributed by atoms with Crippen molar-refractivity contribution < 1.29 is 19.3 Å². The SMILES string of the molecule is O=C(Nc1ccc(Br)cc1)C(Cc1cccc([N+](=O)[O-])c1)N1C(=O)c2ccccc2C1=O. The Morgan fingerprint density at radius 1 is 0.969 bits per heavy atom. The minimum atomic E-state index is -1.20. The summed E-state index contributed by atoms with van der Waals surface area (Å²) in [7, 11) is 0. The molecular weight excluding hydrogens is 478 g/mol. The number of nitrogens with one attached hydrogen (secondary N) is 1. The Hall–Kier alpha value is -3.85. The van der Waals surface area contributed by atoms with Crippen LogP contribution in [-0.4, -0.2) is 33.6 Å². The number of nitro benzene ring substituents is 1. The van der Waals surface area contributed by atoms with Crippen molar-refractivity contribution in [2.75, 3.05) is 5.32 Å². The lowest BCUT2D eigenvalue weighted by Crippen LogP contribution is -2.48. The van der Waals surface area contributed by atoms with Crippen LogP contribution in [0.15, 0.2) is 77.3 Å². The summed E-state index contributed by atoms with van der Waals surface area (Å²) in [5.41, 5.74) is 1.23. The van der Waals surface area contributed by atoms with E-state index in [4.69, 9.17) is 0 Å². The third-order valence-electron chi connectivity index (χ3n) is 5.10. The molecule has 0 aromatic heterocycles. The molecule has 0 spiro atoms. The Bertz CT molecular complexity index is 1210. The maximum Gasteiger partial charge on any atom is 0.269 e. The summed E-state index contributed by atoms with van der Waals surface area (Å²) in [6, 6.07) is 17.8. The number of carbonyl (C=O) groups excluding carboxylic acids is 3. The zero-order valence-electron chi connectivity index (χ0n) is 16.5. The molecule has 1 aliphatic rings. The van der Waals surface area contributed by atoms with E-state index in [1.807, 2.05) is 0 Å². The van der Waals surface area contributed by atoms with Crippen molar-refractivity contribution in [3.63, 3.8) is 0 Å². The zero-order valence-corrected chi connectivity index (χ0v) is 18.1. The molecular formula is C23H16BrN3O5. The van der Waals surface area contributed by atoms with E-state index < -0.39 is 28.7 Å². The molecule has 160 valence electrons. The van der Waals surface area contributed by atoms with Gasteiger partial charge in [0, 0.05) is 28.7 Å². The summed E-state index contributed by atoms with van der Waals surface area (Å²) in [6.45, 7) is 0. The summed E-state index contributed by atoms with van der Waals surface area (Å²) < 4.78 is 0.823. The maximum absolute atomic E-state index is 13.2. The number of fused-ring (bicyclic) bond motifs is 1. The first-order valence-corrected chi connectivity index (χ1v) is 10.4. The lowest BCUT2D eigenvalue weighted by molar-refractivity contribution is -0.384. The van der Waals surface area contributed by atoms with Gasteiger partial charge in [0.05, 0.1) is 16.1 Å². The summed E-state index contributed by atoms with van der Waals surface area (Å²) in [5.74, 6) is -1.73. The van der Waals surface area contributed by atoms with Crippen molar-refractivity contribution in [3.05, 3.63) is 104 Å². The molecule has 0 fully saturated rings. The first-order valence-electron chi connectivity index (χ1n) is 9.62. The number of halogens is 1. The zero-order chi connectivity index (χ0) is 22.8. The van der Waals surface area contributed by atoms with E-state index in [-0.39, 0.29) is 23.2 Å². The van der Waals surface area contributed by atoms with Crippen molar-refractivity contribution in [1.82, 2.24) is 4.90 Å². The molecule has 4 rings (SSSR count). The molecule has 32 heavy (non-hydrogen) atoms. The Kier molecular flexibility index (Phi) is 5.83. The van der Waals surface area contributed by atoms with Crippen LogP contribution < -0.4 is 5.32 Å². The summed E-state index contributed by atoms with van der Waals surface area (Å²) in [5, 5.41) is 13.9. The van der Waals surface area contributed by atoms with E-state index in [0.717, 1.165) is 9.37 Å². The molecule has 0 bridgehead atoms. The third-order valence-corrected chi connectivity index (χ3v) is 5.63. The number of anilines is 1. The lowest BCUT2D eigenvalue weighted by Gasteiger charge is -2.25. The quantitative estimate of drug-likeness (QED) is 0.314. The highest BCUT2D eigenvalue weighted by Crippen LogP contribution is 2.27. The monoisotopic (exact) mass is 493 g/mol. The normalized spacial score (nSPS) is 13.6. The first-order chi connectivity index (χ1) is 15.3. The molecule has 8 nitrogen and oxygen atoms in total. The smallest absolute Gasteiger partial charge is 0.269 e. The number of hydrogen-bond donors (Lipinski definition) is 1. The van der Waals surface area contributed by atoms with Gasteiger partial charge in [0.15, 0.2) is 0 Å². The Balaban J connectivity index is 1.69. The molecule has 9 heteroatoms. The number of rotatable bonds is 6. The third kappa shape index (κ3) is 4.15. The van der Waals surface area contributed by atoms with Crippen LogP contribution in [0, 0.1) is 10.1 Å². The van der Waals surface area contributed by atoms with E-state index >= 15 is 0 Å². The van der Waals surface area contributed by atoms with E-state index in [1.165, 1.54) is 30.3 Å². The maximum atomic E-state index is 13.2. The molecule has 3 aromatic carbocycles. The second kappa shape index (κ2) is 8.72. The summed E-state index contributed by atoms with van der Waals surface area (Å²) in [4.78, 5) is 50.8. The number of imide groups is 1. The highest BCUT2D eigenvalue weighted by atomic mass is 79.9. The standard InChI is InChI=1S/C23H16BrN3O5/c24-15-8-10-16(11-9-15)25-21(28)20(13-14-4-3-5-17(12-14)27(31)32)26-22(29)18-6-1-2-7-19(18)23(26)30/h1-12,20H,13H2,(H,25,28). The van der Waals surface area contributed by atoms with Crippen molar-refractivity contribution in [2.45, 2.75) is 12.5 Å². The van der Waals surface area contributed by atoms with E-state index in [2.05, 4.69) is 21.2 Å².